The molecule has 0 aromatic heterocycles. The van der Waals surface area contributed by atoms with Crippen molar-refractivity contribution >= 4 is 5.84 Å². The highest BCUT2D eigenvalue weighted by Crippen LogP contribution is 2.16. The second-order valence-electron chi connectivity index (χ2n) is 3.02. The van der Waals surface area contributed by atoms with E-state index in [4.69, 9.17) is 5.26 Å². The minimum absolute atomic E-state index is 0.346. The van der Waals surface area contributed by atoms with Gasteiger partial charge in [0.25, 0.3) is 0 Å². The van der Waals surface area contributed by atoms with Crippen molar-refractivity contribution in [3.05, 3.63) is 23.9 Å². The number of allylic oxidation sites excluding steroid dienone is 2. The summed E-state index contributed by atoms with van der Waals surface area (Å²) in [5.41, 5.74) is 0.680. The Balaban J connectivity index is 2.33. The molecule has 0 aromatic rings. The average molecular weight is 159 g/mol. The fourth-order valence-electron chi connectivity index (χ4n) is 1.40. The first kappa shape index (κ1) is 7.11. The monoisotopic (exact) mass is 159 g/mol. The standard InChI is InChI=1S/C9H9N3/c1-7-6-12-3-2-8(5-10)4-9(12)11-7/h2-4,7H,6H2,1H3/t7-/m1/s1. The first-order valence-electron chi connectivity index (χ1n) is 3.94. The number of rotatable bonds is 0. The highest BCUT2D eigenvalue weighted by atomic mass is 15.2. The van der Waals surface area contributed by atoms with E-state index in [0.29, 0.717) is 11.6 Å². The number of fused-ring (bicyclic) bond motifs is 1. The summed E-state index contributed by atoms with van der Waals surface area (Å²) in [6.07, 6.45) is 5.56. The van der Waals surface area contributed by atoms with Crippen LogP contribution in [0.2, 0.25) is 0 Å². The third kappa shape index (κ3) is 1.02. The molecule has 0 aromatic carbocycles. The number of aliphatic imine (C=N–C) groups is 1. The van der Waals surface area contributed by atoms with Gasteiger partial charge in [0.15, 0.2) is 0 Å². The summed E-state index contributed by atoms with van der Waals surface area (Å²) in [6.45, 7) is 3.00. The Hall–Kier alpha value is -1.56. The Bertz CT molecular complexity index is 330. The molecule has 0 aliphatic carbocycles. The molecule has 0 amide bonds. The summed E-state index contributed by atoms with van der Waals surface area (Å²) in [6, 6.07) is 2.44. The quantitative estimate of drug-likeness (QED) is 0.530. The molecule has 0 saturated carbocycles. The van der Waals surface area contributed by atoms with Crippen molar-refractivity contribution in [1.29, 1.82) is 5.26 Å². The maximum absolute atomic E-state index is 8.63. The van der Waals surface area contributed by atoms with Crippen LogP contribution in [0.3, 0.4) is 0 Å². The Kier molecular flexibility index (Phi) is 1.47. The van der Waals surface area contributed by atoms with Crippen molar-refractivity contribution < 1.29 is 0 Å². The number of amidine groups is 1. The highest BCUT2D eigenvalue weighted by molar-refractivity contribution is 5.97. The minimum atomic E-state index is 0.346. The average Bonchev–Trinajstić information content (AvgIpc) is 2.43. The van der Waals surface area contributed by atoms with Crippen LogP contribution in [-0.4, -0.2) is 23.3 Å². The van der Waals surface area contributed by atoms with Crippen LogP contribution >= 0.6 is 0 Å². The van der Waals surface area contributed by atoms with Crippen LogP contribution in [0.15, 0.2) is 28.9 Å². The highest BCUT2D eigenvalue weighted by Gasteiger charge is 2.20. The van der Waals surface area contributed by atoms with Crippen LogP contribution in [0.25, 0.3) is 0 Å². The van der Waals surface area contributed by atoms with Crippen LogP contribution in [0.5, 0.6) is 0 Å². The van der Waals surface area contributed by atoms with Gasteiger partial charge in [0.1, 0.15) is 5.84 Å². The lowest BCUT2D eigenvalue weighted by atomic mass is 10.2. The van der Waals surface area contributed by atoms with Gasteiger partial charge in [-0.1, -0.05) is 0 Å². The lowest BCUT2D eigenvalue weighted by molar-refractivity contribution is 0.557. The number of hydrogen-bond donors (Lipinski definition) is 0. The maximum atomic E-state index is 8.63. The fourth-order valence-corrected chi connectivity index (χ4v) is 1.40. The van der Waals surface area contributed by atoms with Crippen molar-refractivity contribution in [3.63, 3.8) is 0 Å². The summed E-state index contributed by atoms with van der Waals surface area (Å²) in [5, 5.41) is 8.63. The number of hydrogen-bond acceptors (Lipinski definition) is 3. The van der Waals surface area contributed by atoms with E-state index in [1.807, 2.05) is 18.4 Å². The van der Waals surface area contributed by atoms with Crippen LogP contribution in [-0.2, 0) is 0 Å². The molecule has 2 rings (SSSR count). The van der Waals surface area contributed by atoms with E-state index in [0.717, 1.165) is 12.4 Å². The summed E-state index contributed by atoms with van der Waals surface area (Å²) in [5.74, 6) is 0.918. The number of nitriles is 1. The molecule has 0 radical (unpaired) electrons. The van der Waals surface area contributed by atoms with Crippen molar-refractivity contribution in [1.82, 2.24) is 4.90 Å². The zero-order chi connectivity index (χ0) is 8.55. The molecule has 0 spiro atoms. The Morgan fingerprint density at radius 3 is 3.33 bits per heavy atom. The third-order valence-electron chi connectivity index (χ3n) is 1.96. The molecule has 2 heterocycles. The van der Waals surface area contributed by atoms with Gasteiger partial charge in [-0.05, 0) is 19.1 Å². The van der Waals surface area contributed by atoms with Crippen LogP contribution < -0.4 is 0 Å². The molecule has 0 N–H and O–H groups in total. The molecule has 1 atom stereocenters. The predicted octanol–water partition coefficient (Wildman–Crippen LogP) is 1.07. The molecular weight excluding hydrogens is 150 g/mol. The summed E-state index contributed by atoms with van der Waals surface area (Å²) >= 11 is 0. The molecule has 3 heteroatoms. The summed E-state index contributed by atoms with van der Waals surface area (Å²) < 4.78 is 0. The van der Waals surface area contributed by atoms with E-state index in [-0.39, 0.29) is 0 Å². The molecule has 2 aliphatic rings. The SMILES string of the molecule is C[C@@H]1CN2C=CC(C#N)=CC2=N1. The molecule has 0 fully saturated rings. The van der Waals surface area contributed by atoms with Gasteiger partial charge >= 0.3 is 0 Å². The van der Waals surface area contributed by atoms with E-state index < -0.39 is 0 Å². The summed E-state index contributed by atoms with van der Waals surface area (Å²) in [7, 11) is 0. The number of nitrogens with zero attached hydrogens (tertiary/aromatic N) is 3. The van der Waals surface area contributed by atoms with Crippen LogP contribution in [0.1, 0.15) is 6.92 Å². The maximum Gasteiger partial charge on any atom is 0.129 e. The van der Waals surface area contributed by atoms with E-state index >= 15 is 0 Å². The molecule has 0 bridgehead atoms. The second kappa shape index (κ2) is 2.49. The molecule has 2 aliphatic heterocycles. The van der Waals surface area contributed by atoms with Crippen LogP contribution in [0.4, 0.5) is 0 Å². The van der Waals surface area contributed by atoms with Gasteiger partial charge in [-0.2, -0.15) is 5.26 Å². The molecule has 3 nitrogen and oxygen atoms in total. The minimum Gasteiger partial charge on any atom is -0.331 e. The van der Waals surface area contributed by atoms with E-state index in [2.05, 4.69) is 22.9 Å². The van der Waals surface area contributed by atoms with Crippen molar-refractivity contribution in [2.24, 2.45) is 4.99 Å². The lowest BCUT2D eigenvalue weighted by Crippen LogP contribution is -2.23. The van der Waals surface area contributed by atoms with Gasteiger partial charge in [0.05, 0.1) is 17.7 Å². The molecule has 12 heavy (non-hydrogen) atoms. The molecule has 0 saturated heterocycles. The van der Waals surface area contributed by atoms with E-state index in [9.17, 15) is 0 Å². The molecule has 0 unspecified atom stereocenters. The van der Waals surface area contributed by atoms with Gasteiger partial charge < -0.3 is 4.90 Å². The molecule has 60 valence electrons. The molecular formula is C9H9N3. The first-order valence-corrected chi connectivity index (χ1v) is 3.94. The van der Waals surface area contributed by atoms with E-state index in [1.165, 1.54) is 0 Å². The topological polar surface area (TPSA) is 39.4 Å². The zero-order valence-corrected chi connectivity index (χ0v) is 6.86. The van der Waals surface area contributed by atoms with Crippen molar-refractivity contribution in [3.8, 4) is 6.07 Å². The normalized spacial score (nSPS) is 26.0. The fraction of sp³-hybridized carbons (Fsp3) is 0.333. The largest absolute Gasteiger partial charge is 0.331 e. The van der Waals surface area contributed by atoms with Gasteiger partial charge in [-0.3, -0.25) is 4.99 Å². The first-order chi connectivity index (χ1) is 5.79. The van der Waals surface area contributed by atoms with Crippen molar-refractivity contribution in [2.45, 2.75) is 13.0 Å². The van der Waals surface area contributed by atoms with Gasteiger partial charge in [-0.25, -0.2) is 0 Å². The van der Waals surface area contributed by atoms with Gasteiger partial charge in [0, 0.05) is 12.7 Å². The Morgan fingerprint density at radius 2 is 2.58 bits per heavy atom. The van der Waals surface area contributed by atoms with Crippen molar-refractivity contribution in [2.75, 3.05) is 6.54 Å². The predicted molar refractivity (Wildman–Crippen MR) is 46.4 cm³/mol. The summed E-state index contributed by atoms with van der Waals surface area (Å²) in [4.78, 5) is 6.43. The lowest BCUT2D eigenvalue weighted by Gasteiger charge is -2.16. The smallest absolute Gasteiger partial charge is 0.129 e. The third-order valence-corrected chi connectivity index (χ3v) is 1.96. The van der Waals surface area contributed by atoms with Gasteiger partial charge in [0.2, 0.25) is 0 Å². The van der Waals surface area contributed by atoms with E-state index in [1.54, 1.807) is 0 Å². The second-order valence-corrected chi connectivity index (χ2v) is 3.02. The van der Waals surface area contributed by atoms with Gasteiger partial charge in [-0.15, -0.1) is 0 Å². The Labute approximate surface area is 71.3 Å². The Morgan fingerprint density at radius 1 is 1.75 bits per heavy atom. The van der Waals surface area contributed by atoms with Crippen LogP contribution in [0, 0.1) is 11.3 Å². The zero-order valence-electron chi connectivity index (χ0n) is 6.86.